The molecule has 4 rings (SSSR count). The van der Waals surface area contributed by atoms with Gasteiger partial charge in [-0.3, -0.25) is 0 Å². The van der Waals surface area contributed by atoms with Crippen molar-refractivity contribution >= 4 is 17.6 Å². The predicted octanol–water partition coefficient (Wildman–Crippen LogP) is 3.84. The van der Waals surface area contributed by atoms with Crippen LogP contribution in [0.2, 0.25) is 0 Å². The van der Waals surface area contributed by atoms with E-state index in [9.17, 15) is 5.11 Å². The summed E-state index contributed by atoms with van der Waals surface area (Å²) >= 11 is 0. The molecular weight excluding hydrogens is 418 g/mol. The van der Waals surface area contributed by atoms with Gasteiger partial charge in [-0.15, -0.1) is 5.10 Å². The van der Waals surface area contributed by atoms with Crippen molar-refractivity contribution in [2.24, 2.45) is 5.92 Å². The molecule has 1 unspecified atom stereocenters. The average Bonchev–Trinajstić information content (AvgIpc) is 3.37. The van der Waals surface area contributed by atoms with Gasteiger partial charge in [0.1, 0.15) is 5.75 Å². The van der Waals surface area contributed by atoms with Crippen LogP contribution in [0.5, 0.6) is 5.75 Å². The highest BCUT2D eigenvalue weighted by molar-refractivity contribution is 5.62. The number of hydrogen-bond acceptors (Lipinski definition) is 7. The second-order valence-corrected chi connectivity index (χ2v) is 8.85. The summed E-state index contributed by atoms with van der Waals surface area (Å²) in [6.07, 6.45) is 13.1. The van der Waals surface area contributed by atoms with E-state index in [1.54, 1.807) is 32.0 Å². The number of aromatic nitrogens is 5. The molecular formula is C24H31N7O2. The van der Waals surface area contributed by atoms with E-state index in [4.69, 9.17) is 4.74 Å². The lowest BCUT2D eigenvalue weighted by Gasteiger charge is -2.19. The van der Waals surface area contributed by atoms with Gasteiger partial charge in [0.05, 0.1) is 37.0 Å². The van der Waals surface area contributed by atoms with Crippen LogP contribution in [0.3, 0.4) is 0 Å². The highest BCUT2D eigenvalue weighted by Crippen LogP contribution is 2.28. The lowest BCUT2D eigenvalue weighted by atomic mass is 10.0. The van der Waals surface area contributed by atoms with Crippen LogP contribution in [-0.2, 0) is 6.54 Å². The molecule has 1 atom stereocenters. The molecule has 0 aliphatic heterocycles. The molecule has 2 aromatic heterocycles. The molecule has 1 aliphatic carbocycles. The molecule has 9 heteroatoms. The monoisotopic (exact) mass is 449 g/mol. The van der Waals surface area contributed by atoms with Gasteiger partial charge in [-0.1, -0.05) is 24.3 Å². The Balaban J connectivity index is 1.54. The van der Waals surface area contributed by atoms with Crippen LogP contribution in [0.25, 0.3) is 5.69 Å². The lowest BCUT2D eigenvalue weighted by molar-refractivity contribution is 0.0584. The first-order valence-electron chi connectivity index (χ1n) is 11.0. The number of aliphatic hydroxyl groups is 1. The van der Waals surface area contributed by atoms with Crippen molar-refractivity contribution < 1.29 is 9.84 Å². The second kappa shape index (κ2) is 9.50. The third kappa shape index (κ3) is 5.81. The minimum absolute atomic E-state index is 0.312. The summed E-state index contributed by atoms with van der Waals surface area (Å²) in [5.74, 6) is 2.14. The standard InChI is InChI=1S/C24H31N7O2/c1-17-14-30(16-26-17)20-11-10-19(12-21(20)33-4)27-22-28-23(31(29-22)15-24(2,3)32)25-13-18-8-6-5-7-9-18/h5-8,10-12,14,16,18,32H,9,13,15H2,1-4H3,(H2,25,27,28,29). The summed E-state index contributed by atoms with van der Waals surface area (Å²) in [4.78, 5) is 8.92. The smallest absolute Gasteiger partial charge is 0.248 e. The van der Waals surface area contributed by atoms with E-state index in [0.717, 1.165) is 30.0 Å². The number of benzene rings is 1. The third-order valence-electron chi connectivity index (χ3n) is 5.23. The lowest BCUT2D eigenvalue weighted by Crippen LogP contribution is -2.28. The molecule has 1 aliphatic rings. The van der Waals surface area contributed by atoms with E-state index in [2.05, 4.69) is 50.0 Å². The number of rotatable bonds is 9. The van der Waals surface area contributed by atoms with E-state index in [1.165, 1.54) is 0 Å². The van der Waals surface area contributed by atoms with Crippen molar-refractivity contribution in [3.8, 4) is 11.4 Å². The Kier molecular flexibility index (Phi) is 6.50. The first kappa shape index (κ1) is 22.6. The Morgan fingerprint density at radius 1 is 1.27 bits per heavy atom. The maximum Gasteiger partial charge on any atom is 0.248 e. The SMILES string of the molecule is COc1cc(Nc2nc(NCC3C=CC=CC3)n(CC(C)(C)O)n2)ccc1-n1cnc(C)c1. The molecule has 0 amide bonds. The van der Waals surface area contributed by atoms with Crippen LogP contribution in [0.15, 0.2) is 55.0 Å². The first-order valence-corrected chi connectivity index (χ1v) is 11.0. The van der Waals surface area contributed by atoms with Crippen molar-refractivity contribution in [2.75, 3.05) is 24.3 Å². The van der Waals surface area contributed by atoms with E-state index in [-0.39, 0.29) is 0 Å². The van der Waals surface area contributed by atoms with Gasteiger partial charge in [-0.05, 0) is 45.2 Å². The zero-order valence-electron chi connectivity index (χ0n) is 19.5. The van der Waals surface area contributed by atoms with Crippen molar-refractivity contribution in [1.82, 2.24) is 24.3 Å². The highest BCUT2D eigenvalue weighted by Gasteiger charge is 2.20. The number of imidazole rings is 1. The molecule has 3 aromatic rings. The largest absolute Gasteiger partial charge is 0.494 e. The van der Waals surface area contributed by atoms with Crippen LogP contribution < -0.4 is 15.4 Å². The van der Waals surface area contributed by atoms with Crippen molar-refractivity contribution in [1.29, 1.82) is 0 Å². The van der Waals surface area contributed by atoms with Gasteiger partial charge in [0.25, 0.3) is 0 Å². The molecule has 0 spiro atoms. The quantitative estimate of drug-likeness (QED) is 0.456. The van der Waals surface area contributed by atoms with Gasteiger partial charge in [0.2, 0.25) is 11.9 Å². The topological polar surface area (TPSA) is 102 Å². The van der Waals surface area contributed by atoms with Crippen LogP contribution in [-0.4, -0.2) is 48.7 Å². The summed E-state index contributed by atoms with van der Waals surface area (Å²) < 4.78 is 9.22. The molecule has 0 saturated carbocycles. The molecule has 0 radical (unpaired) electrons. The average molecular weight is 450 g/mol. The Morgan fingerprint density at radius 3 is 2.79 bits per heavy atom. The number of anilines is 3. The fraction of sp³-hybridized carbons (Fsp3) is 0.375. The third-order valence-corrected chi connectivity index (χ3v) is 5.23. The van der Waals surface area contributed by atoms with Crippen molar-refractivity contribution in [3.05, 3.63) is 60.7 Å². The molecule has 9 nitrogen and oxygen atoms in total. The van der Waals surface area contributed by atoms with E-state index >= 15 is 0 Å². The minimum Gasteiger partial charge on any atom is -0.494 e. The van der Waals surface area contributed by atoms with Gasteiger partial charge in [-0.2, -0.15) is 4.98 Å². The summed E-state index contributed by atoms with van der Waals surface area (Å²) in [7, 11) is 1.64. The van der Waals surface area contributed by atoms with Crippen LogP contribution in [0, 0.1) is 12.8 Å². The van der Waals surface area contributed by atoms with Crippen molar-refractivity contribution in [3.63, 3.8) is 0 Å². The predicted molar refractivity (Wildman–Crippen MR) is 129 cm³/mol. The van der Waals surface area contributed by atoms with Gasteiger partial charge < -0.3 is 25.0 Å². The molecule has 0 bridgehead atoms. The fourth-order valence-electron chi connectivity index (χ4n) is 3.66. The zero-order valence-corrected chi connectivity index (χ0v) is 19.5. The summed E-state index contributed by atoms with van der Waals surface area (Å²) in [5, 5.41) is 21.6. The van der Waals surface area contributed by atoms with Crippen LogP contribution >= 0.6 is 0 Å². The molecule has 2 heterocycles. The molecule has 3 N–H and O–H groups in total. The van der Waals surface area contributed by atoms with E-state index < -0.39 is 5.60 Å². The van der Waals surface area contributed by atoms with E-state index in [1.807, 2.05) is 35.9 Å². The first-order chi connectivity index (χ1) is 15.8. The number of nitrogens with zero attached hydrogens (tertiary/aromatic N) is 5. The van der Waals surface area contributed by atoms with Gasteiger partial charge in [0, 0.05) is 24.5 Å². The number of allylic oxidation sites excluding steroid dienone is 3. The highest BCUT2D eigenvalue weighted by atomic mass is 16.5. The van der Waals surface area contributed by atoms with E-state index in [0.29, 0.717) is 30.1 Å². The van der Waals surface area contributed by atoms with Gasteiger partial charge in [-0.25, -0.2) is 9.67 Å². The summed E-state index contributed by atoms with van der Waals surface area (Å²) in [6, 6.07) is 5.79. The number of aryl methyl sites for hydroxylation is 1. The summed E-state index contributed by atoms with van der Waals surface area (Å²) in [5.41, 5.74) is 1.68. The van der Waals surface area contributed by atoms with Gasteiger partial charge >= 0.3 is 0 Å². The molecule has 33 heavy (non-hydrogen) atoms. The maximum absolute atomic E-state index is 10.3. The number of ether oxygens (including phenoxy) is 1. The molecule has 1 aromatic carbocycles. The number of methoxy groups -OCH3 is 1. The number of nitrogens with one attached hydrogen (secondary N) is 2. The second-order valence-electron chi connectivity index (χ2n) is 8.85. The number of hydrogen-bond donors (Lipinski definition) is 3. The Labute approximate surface area is 193 Å². The molecule has 0 saturated heterocycles. The molecule has 0 fully saturated rings. The molecule has 174 valence electrons. The van der Waals surface area contributed by atoms with Crippen LogP contribution in [0.1, 0.15) is 26.0 Å². The van der Waals surface area contributed by atoms with Gasteiger partial charge in [0.15, 0.2) is 0 Å². The zero-order chi connectivity index (χ0) is 23.4. The normalized spacial score (nSPS) is 15.6. The Hall–Kier alpha value is -3.59. The fourth-order valence-corrected chi connectivity index (χ4v) is 3.66. The summed E-state index contributed by atoms with van der Waals surface area (Å²) in [6.45, 7) is 6.50. The Bertz CT molecular complexity index is 1150. The Morgan fingerprint density at radius 2 is 2.12 bits per heavy atom. The minimum atomic E-state index is -0.928. The van der Waals surface area contributed by atoms with Crippen molar-refractivity contribution in [2.45, 2.75) is 39.3 Å². The van der Waals surface area contributed by atoms with Crippen LogP contribution in [0.4, 0.5) is 17.6 Å². The maximum atomic E-state index is 10.3.